The van der Waals surface area contributed by atoms with Gasteiger partial charge in [-0.1, -0.05) is 13.3 Å². The predicted molar refractivity (Wildman–Crippen MR) is 91.0 cm³/mol. The van der Waals surface area contributed by atoms with E-state index in [0.717, 1.165) is 35.2 Å². The molecule has 0 amide bonds. The maximum absolute atomic E-state index is 13.2. The summed E-state index contributed by atoms with van der Waals surface area (Å²) < 4.78 is 19.0. The molecule has 0 radical (unpaired) electrons. The van der Waals surface area contributed by atoms with Crippen molar-refractivity contribution in [3.05, 3.63) is 41.7 Å². The van der Waals surface area contributed by atoms with Crippen molar-refractivity contribution in [2.75, 3.05) is 12.3 Å². The Hall–Kier alpha value is -2.56. The van der Waals surface area contributed by atoms with Crippen molar-refractivity contribution < 1.29 is 9.13 Å². The maximum atomic E-state index is 13.2. The minimum absolute atomic E-state index is 0.357. The van der Waals surface area contributed by atoms with Gasteiger partial charge in [-0.15, -0.1) is 0 Å². The molecule has 3 rings (SSSR count). The van der Waals surface area contributed by atoms with Crippen LogP contribution < -0.4 is 10.5 Å². The number of aryl methyl sites for hydroxylation is 1. The zero-order chi connectivity index (χ0) is 16.4. The highest BCUT2D eigenvalue weighted by Crippen LogP contribution is 2.29. The van der Waals surface area contributed by atoms with Crippen molar-refractivity contribution in [1.82, 2.24) is 9.97 Å². The molecule has 0 saturated heterocycles. The van der Waals surface area contributed by atoms with Gasteiger partial charge in [0.1, 0.15) is 17.4 Å². The van der Waals surface area contributed by atoms with E-state index in [1.807, 2.05) is 19.1 Å². The fourth-order valence-electron chi connectivity index (χ4n) is 2.50. The Balaban J connectivity index is 1.98. The van der Waals surface area contributed by atoms with Gasteiger partial charge in [-0.2, -0.15) is 0 Å². The minimum atomic E-state index is -0.357. The zero-order valence-electron chi connectivity index (χ0n) is 13.3. The zero-order valence-corrected chi connectivity index (χ0v) is 13.3. The lowest BCUT2D eigenvalue weighted by atomic mass is 10.1. The lowest BCUT2D eigenvalue weighted by molar-refractivity contribution is 0.308. The summed E-state index contributed by atoms with van der Waals surface area (Å²) in [6.07, 6.45) is 2.12. The van der Waals surface area contributed by atoms with Gasteiger partial charge < -0.3 is 15.5 Å². The van der Waals surface area contributed by atoms with Crippen LogP contribution in [0.15, 0.2) is 30.3 Å². The Labute approximate surface area is 134 Å². The Bertz CT molecular complexity index is 842. The molecule has 0 aliphatic heterocycles. The van der Waals surface area contributed by atoms with Crippen molar-refractivity contribution in [3.63, 3.8) is 0 Å². The van der Waals surface area contributed by atoms with Gasteiger partial charge in [-0.25, -0.2) is 9.37 Å². The molecule has 23 heavy (non-hydrogen) atoms. The molecule has 0 unspecified atom stereocenters. The summed E-state index contributed by atoms with van der Waals surface area (Å²) in [4.78, 5) is 7.80. The number of nitrogens with two attached hydrogens (primary N) is 1. The van der Waals surface area contributed by atoms with Gasteiger partial charge in [-0.3, -0.25) is 0 Å². The average Bonchev–Trinajstić information content (AvgIpc) is 2.90. The third kappa shape index (κ3) is 3.13. The van der Waals surface area contributed by atoms with Crippen molar-refractivity contribution in [2.24, 2.45) is 0 Å². The van der Waals surface area contributed by atoms with E-state index in [9.17, 15) is 4.39 Å². The topological polar surface area (TPSA) is 63.9 Å². The van der Waals surface area contributed by atoms with Gasteiger partial charge in [0.15, 0.2) is 0 Å². The number of fused-ring (bicyclic) bond motifs is 1. The molecule has 3 N–H and O–H groups in total. The number of imidazole rings is 1. The summed E-state index contributed by atoms with van der Waals surface area (Å²) >= 11 is 0. The van der Waals surface area contributed by atoms with E-state index in [2.05, 4.69) is 16.9 Å². The van der Waals surface area contributed by atoms with Crippen molar-refractivity contribution in [3.8, 4) is 17.1 Å². The van der Waals surface area contributed by atoms with Crippen molar-refractivity contribution in [1.29, 1.82) is 0 Å². The van der Waals surface area contributed by atoms with Crippen molar-refractivity contribution >= 4 is 16.7 Å². The molecule has 4 nitrogen and oxygen atoms in total. The minimum Gasteiger partial charge on any atom is -0.493 e. The number of hydrogen-bond donors (Lipinski definition) is 2. The van der Waals surface area contributed by atoms with E-state index in [0.29, 0.717) is 23.7 Å². The van der Waals surface area contributed by atoms with Gasteiger partial charge in [0.05, 0.1) is 17.6 Å². The molecule has 1 aromatic heterocycles. The number of unbranched alkanes of at least 4 members (excludes halogenated alkanes) is 1. The first-order chi connectivity index (χ1) is 11.1. The van der Waals surface area contributed by atoms with E-state index < -0.39 is 0 Å². The first kappa shape index (κ1) is 15.3. The Morgan fingerprint density at radius 1 is 1.26 bits per heavy atom. The van der Waals surface area contributed by atoms with Crippen LogP contribution in [0, 0.1) is 12.7 Å². The molecule has 5 heteroatoms. The number of halogens is 1. The van der Waals surface area contributed by atoms with E-state index in [1.54, 1.807) is 6.07 Å². The second-order valence-corrected chi connectivity index (χ2v) is 5.65. The van der Waals surface area contributed by atoms with Crippen LogP contribution in [0.5, 0.6) is 5.75 Å². The molecule has 2 aromatic carbocycles. The SMILES string of the molecule is CCCCOc1cc2nc(-c3ccc(F)cc3N)[nH]c2cc1C. The summed E-state index contributed by atoms with van der Waals surface area (Å²) in [7, 11) is 0. The number of ether oxygens (including phenoxy) is 1. The highest BCUT2D eigenvalue weighted by molar-refractivity contribution is 5.84. The molecule has 0 atom stereocenters. The smallest absolute Gasteiger partial charge is 0.140 e. The number of rotatable bonds is 5. The van der Waals surface area contributed by atoms with Gasteiger partial charge in [0.25, 0.3) is 0 Å². The van der Waals surface area contributed by atoms with E-state index in [1.165, 1.54) is 12.1 Å². The van der Waals surface area contributed by atoms with Crippen LogP contribution in [0.25, 0.3) is 22.4 Å². The molecule has 0 saturated carbocycles. The largest absolute Gasteiger partial charge is 0.493 e. The van der Waals surface area contributed by atoms with Gasteiger partial charge in [0, 0.05) is 17.3 Å². The van der Waals surface area contributed by atoms with Gasteiger partial charge in [-0.05, 0) is 43.2 Å². The summed E-state index contributed by atoms with van der Waals surface area (Å²) in [5, 5.41) is 0. The summed E-state index contributed by atoms with van der Waals surface area (Å²) in [5.41, 5.74) is 9.71. The number of anilines is 1. The molecule has 120 valence electrons. The van der Waals surface area contributed by atoms with Crippen LogP contribution >= 0.6 is 0 Å². The molecule has 0 aliphatic carbocycles. The molecule has 1 heterocycles. The number of aromatic nitrogens is 2. The van der Waals surface area contributed by atoms with Crippen LogP contribution in [0.1, 0.15) is 25.3 Å². The third-order valence-corrected chi connectivity index (χ3v) is 3.80. The number of aromatic amines is 1. The Kier molecular flexibility index (Phi) is 4.19. The number of nitrogens with zero attached hydrogens (tertiary/aromatic N) is 1. The fourth-order valence-corrected chi connectivity index (χ4v) is 2.50. The number of benzene rings is 2. The van der Waals surface area contributed by atoms with E-state index in [-0.39, 0.29) is 5.82 Å². The van der Waals surface area contributed by atoms with E-state index in [4.69, 9.17) is 10.5 Å². The normalized spacial score (nSPS) is 11.1. The number of hydrogen-bond acceptors (Lipinski definition) is 3. The van der Waals surface area contributed by atoms with E-state index >= 15 is 0 Å². The predicted octanol–water partition coefficient (Wildman–Crippen LogP) is 4.44. The summed E-state index contributed by atoms with van der Waals surface area (Å²) in [6.45, 7) is 4.84. The maximum Gasteiger partial charge on any atom is 0.140 e. The monoisotopic (exact) mass is 313 g/mol. The Morgan fingerprint density at radius 3 is 2.83 bits per heavy atom. The third-order valence-electron chi connectivity index (χ3n) is 3.80. The fraction of sp³-hybridized carbons (Fsp3) is 0.278. The molecular weight excluding hydrogens is 293 g/mol. The molecule has 3 aromatic rings. The summed E-state index contributed by atoms with van der Waals surface area (Å²) in [6, 6.07) is 8.25. The van der Waals surface area contributed by atoms with Crippen molar-refractivity contribution in [2.45, 2.75) is 26.7 Å². The second kappa shape index (κ2) is 6.28. The first-order valence-electron chi connectivity index (χ1n) is 7.77. The van der Waals surface area contributed by atoms with Crippen LogP contribution in [0.3, 0.4) is 0 Å². The average molecular weight is 313 g/mol. The first-order valence-corrected chi connectivity index (χ1v) is 7.77. The second-order valence-electron chi connectivity index (χ2n) is 5.65. The highest BCUT2D eigenvalue weighted by Gasteiger charge is 2.11. The van der Waals surface area contributed by atoms with Crippen LogP contribution in [-0.2, 0) is 0 Å². The summed E-state index contributed by atoms with van der Waals surface area (Å²) in [5.74, 6) is 1.11. The number of nitrogen functional groups attached to an aromatic ring is 1. The Morgan fingerprint density at radius 2 is 2.09 bits per heavy atom. The standard InChI is InChI=1S/C18H20FN3O/c1-3-4-7-23-17-10-16-15(8-11(17)2)21-18(22-16)13-6-5-12(19)9-14(13)20/h5-6,8-10H,3-4,7,20H2,1-2H3,(H,21,22). The lowest BCUT2D eigenvalue weighted by Crippen LogP contribution is -1.98. The van der Waals surface area contributed by atoms with Gasteiger partial charge >= 0.3 is 0 Å². The molecular formula is C18H20FN3O. The number of nitrogens with one attached hydrogen (secondary N) is 1. The quantitative estimate of drug-likeness (QED) is 0.540. The molecule has 0 spiro atoms. The molecule has 0 bridgehead atoms. The molecule has 0 aliphatic rings. The van der Waals surface area contributed by atoms with Gasteiger partial charge in [0.2, 0.25) is 0 Å². The number of H-pyrrole nitrogens is 1. The van der Waals surface area contributed by atoms with Crippen LogP contribution in [0.4, 0.5) is 10.1 Å². The van der Waals surface area contributed by atoms with Crippen LogP contribution in [0.2, 0.25) is 0 Å². The van der Waals surface area contributed by atoms with Crippen LogP contribution in [-0.4, -0.2) is 16.6 Å². The lowest BCUT2D eigenvalue weighted by Gasteiger charge is -2.08. The molecule has 0 fully saturated rings. The highest BCUT2D eigenvalue weighted by atomic mass is 19.1.